The number of hydrogen-bond acceptors (Lipinski definition) is 3. The molecule has 5 aliphatic carbocycles. The van der Waals surface area contributed by atoms with Crippen molar-refractivity contribution < 1.29 is 15.0 Å². The van der Waals surface area contributed by atoms with Gasteiger partial charge in [-0.05, 0) is 109 Å². The van der Waals surface area contributed by atoms with E-state index in [2.05, 4.69) is 47.6 Å². The van der Waals surface area contributed by atoms with E-state index in [0.29, 0.717) is 23.5 Å². The van der Waals surface area contributed by atoms with E-state index in [-0.39, 0.29) is 45.7 Å². The molecular weight excluding hydrogens is 396 g/mol. The Balaban J connectivity index is 1.57. The van der Waals surface area contributed by atoms with Crippen molar-refractivity contribution in [3.8, 4) is 0 Å². The van der Waals surface area contributed by atoms with Crippen LogP contribution in [0.3, 0.4) is 0 Å². The molecule has 0 aromatic rings. The van der Waals surface area contributed by atoms with Gasteiger partial charge < -0.3 is 10.2 Å². The van der Waals surface area contributed by atoms with Crippen molar-refractivity contribution in [3.63, 3.8) is 0 Å². The van der Waals surface area contributed by atoms with E-state index in [1.807, 2.05) is 0 Å². The molecule has 0 aromatic heterocycles. The van der Waals surface area contributed by atoms with Crippen LogP contribution in [-0.4, -0.2) is 28.7 Å². The van der Waals surface area contributed by atoms with Crippen molar-refractivity contribution >= 4 is 5.78 Å². The summed E-state index contributed by atoms with van der Waals surface area (Å²) in [7, 11) is 0. The van der Waals surface area contributed by atoms with E-state index in [0.717, 1.165) is 38.5 Å². The van der Waals surface area contributed by atoms with Crippen LogP contribution >= 0.6 is 0 Å². The molecule has 2 N–H and O–H groups in total. The molecule has 5 aliphatic rings. The third kappa shape index (κ3) is 2.88. The highest BCUT2D eigenvalue weighted by Gasteiger charge is 2.66. The van der Waals surface area contributed by atoms with Crippen LogP contribution in [0.15, 0.2) is 11.6 Å². The number of aliphatic hydroxyl groups excluding tert-OH is 2. The maximum absolute atomic E-state index is 14.1. The first-order valence-corrected chi connectivity index (χ1v) is 13.4. The van der Waals surface area contributed by atoms with E-state index >= 15 is 0 Å². The largest absolute Gasteiger partial charge is 0.396 e. The second-order valence-electron chi connectivity index (χ2n) is 14.4. The molecule has 0 aromatic carbocycles. The standard InChI is InChI=1S/C29H46O3/c1-25(2)22-8-11-28(5)19-7-10-27(4)14-13-26(3,17-30)16-20(27)18(19)15-21(31)24(28)29(22,6)12-9-23(25)32/h15,19-20,22-24,30,32H,7-14,16-17H2,1-6H3/t19-,20+,22+,23+,24+,26+,27+,28+,29+/m1/s1. The number of carbonyl (C=O) groups excluding carboxylic acids is 1. The number of allylic oxidation sites excluding steroid dienone is 2. The van der Waals surface area contributed by atoms with Crippen LogP contribution in [-0.2, 0) is 4.79 Å². The van der Waals surface area contributed by atoms with Gasteiger partial charge in [0.1, 0.15) is 0 Å². The van der Waals surface area contributed by atoms with Crippen LogP contribution in [0, 0.1) is 50.7 Å². The molecule has 0 bridgehead atoms. The number of rotatable bonds is 1. The Hall–Kier alpha value is -0.670. The summed E-state index contributed by atoms with van der Waals surface area (Å²) in [4.78, 5) is 14.1. The van der Waals surface area contributed by atoms with Gasteiger partial charge in [-0.15, -0.1) is 0 Å². The molecule has 5 rings (SSSR count). The molecule has 0 radical (unpaired) electrons. The first kappa shape index (κ1) is 23.1. The Morgan fingerprint density at radius 3 is 2.25 bits per heavy atom. The smallest absolute Gasteiger partial charge is 0.159 e. The molecule has 0 saturated heterocycles. The fourth-order valence-electron chi connectivity index (χ4n) is 10.1. The van der Waals surface area contributed by atoms with Crippen molar-refractivity contribution in [2.75, 3.05) is 6.61 Å². The number of carbonyl (C=O) groups is 1. The van der Waals surface area contributed by atoms with Crippen LogP contribution in [0.4, 0.5) is 0 Å². The number of ketones is 1. The summed E-state index contributed by atoms with van der Waals surface area (Å²) in [5.41, 5.74) is 1.58. The molecule has 4 fully saturated rings. The maximum atomic E-state index is 14.1. The first-order chi connectivity index (χ1) is 14.8. The predicted octanol–water partition coefficient (Wildman–Crippen LogP) is 5.93. The zero-order valence-corrected chi connectivity index (χ0v) is 21.3. The predicted molar refractivity (Wildman–Crippen MR) is 128 cm³/mol. The second-order valence-corrected chi connectivity index (χ2v) is 14.4. The highest BCUT2D eigenvalue weighted by molar-refractivity contribution is 5.95. The van der Waals surface area contributed by atoms with Crippen molar-refractivity contribution in [2.45, 2.75) is 105 Å². The lowest BCUT2D eigenvalue weighted by Gasteiger charge is -2.67. The van der Waals surface area contributed by atoms with Crippen LogP contribution in [0.2, 0.25) is 0 Å². The van der Waals surface area contributed by atoms with Gasteiger partial charge in [0.15, 0.2) is 5.78 Å². The summed E-state index contributed by atoms with van der Waals surface area (Å²) in [5, 5.41) is 21.0. The van der Waals surface area contributed by atoms with Gasteiger partial charge in [-0.25, -0.2) is 0 Å². The van der Waals surface area contributed by atoms with Gasteiger partial charge in [0.2, 0.25) is 0 Å². The van der Waals surface area contributed by atoms with E-state index in [1.165, 1.54) is 24.8 Å². The van der Waals surface area contributed by atoms with E-state index in [1.54, 1.807) is 0 Å². The lowest BCUT2D eigenvalue weighted by Crippen LogP contribution is -2.64. The monoisotopic (exact) mass is 442 g/mol. The molecule has 0 unspecified atom stereocenters. The summed E-state index contributed by atoms with van der Waals surface area (Å²) >= 11 is 0. The lowest BCUT2D eigenvalue weighted by atomic mass is 9.37. The Morgan fingerprint density at radius 2 is 1.56 bits per heavy atom. The average molecular weight is 443 g/mol. The van der Waals surface area contributed by atoms with Crippen LogP contribution < -0.4 is 0 Å². The van der Waals surface area contributed by atoms with Crippen molar-refractivity contribution in [1.82, 2.24) is 0 Å². The zero-order valence-electron chi connectivity index (χ0n) is 21.3. The molecule has 0 amide bonds. The SMILES string of the molecule is CC1(C)[C@@H](O)CC[C@]2(C)[C@H]3C(=O)C=C4[C@@H](CC[C@@]5(C)CC[C@](C)(CO)C[C@@H]45)[C@]3(C)CC[C@@H]12. The van der Waals surface area contributed by atoms with Gasteiger partial charge in [0.05, 0.1) is 6.10 Å². The minimum atomic E-state index is -0.261. The third-order valence-electron chi connectivity index (χ3n) is 12.2. The summed E-state index contributed by atoms with van der Waals surface area (Å²) in [6, 6.07) is 0. The zero-order chi connectivity index (χ0) is 23.3. The van der Waals surface area contributed by atoms with Crippen molar-refractivity contribution in [2.24, 2.45) is 50.7 Å². The molecule has 3 heteroatoms. The van der Waals surface area contributed by atoms with Gasteiger partial charge in [-0.2, -0.15) is 0 Å². The molecule has 0 spiro atoms. The van der Waals surface area contributed by atoms with E-state index < -0.39 is 0 Å². The Morgan fingerprint density at radius 1 is 0.875 bits per heavy atom. The highest BCUT2D eigenvalue weighted by atomic mass is 16.3. The van der Waals surface area contributed by atoms with Crippen molar-refractivity contribution in [1.29, 1.82) is 0 Å². The molecular formula is C29H46O3. The molecule has 32 heavy (non-hydrogen) atoms. The fraction of sp³-hybridized carbons (Fsp3) is 0.897. The fourth-order valence-corrected chi connectivity index (χ4v) is 10.1. The van der Waals surface area contributed by atoms with Gasteiger partial charge >= 0.3 is 0 Å². The van der Waals surface area contributed by atoms with Crippen LogP contribution in [0.1, 0.15) is 99.3 Å². The molecule has 0 heterocycles. The Kier molecular flexibility index (Phi) is 5.01. The average Bonchev–Trinajstić information content (AvgIpc) is 2.71. The van der Waals surface area contributed by atoms with E-state index in [4.69, 9.17) is 0 Å². The molecule has 3 nitrogen and oxygen atoms in total. The van der Waals surface area contributed by atoms with Gasteiger partial charge in [-0.3, -0.25) is 4.79 Å². The van der Waals surface area contributed by atoms with Crippen LogP contribution in [0.5, 0.6) is 0 Å². The first-order valence-electron chi connectivity index (χ1n) is 13.4. The minimum Gasteiger partial charge on any atom is -0.396 e. The summed E-state index contributed by atoms with van der Waals surface area (Å²) in [5.74, 6) is 1.78. The minimum absolute atomic E-state index is 0.0130. The topological polar surface area (TPSA) is 57.5 Å². The van der Waals surface area contributed by atoms with Gasteiger partial charge in [0, 0.05) is 12.5 Å². The molecule has 4 saturated carbocycles. The normalized spacial score (nSPS) is 54.6. The number of aliphatic hydroxyl groups is 2. The number of hydrogen-bond donors (Lipinski definition) is 2. The third-order valence-corrected chi connectivity index (χ3v) is 12.2. The van der Waals surface area contributed by atoms with Gasteiger partial charge in [-0.1, -0.05) is 47.1 Å². The summed E-state index contributed by atoms with van der Waals surface area (Å²) in [6.07, 6.45) is 11.6. The number of fused-ring (bicyclic) bond motifs is 7. The van der Waals surface area contributed by atoms with Gasteiger partial charge in [0.25, 0.3) is 0 Å². The summed E-state index contributed by atoms with van der Waals surface area (Å²) < 4.78 is 0. The summed E-state index contributed by atoms with van der Waals surface area (Å²) in [6.45, 7) is 14.3. The van der Waals surface area contributed by atoms with Crippen LogP contribution in [0.25, 0.3) is 0 Å². The quantitative estimate of drug-likeness (QED) is 0.529. The lowest BCUT2D eigenvalue weighted by molar-refractivity contribution is -0.188. The second kappa shape index (κ2) is 6.94. The Bertz CT molecular complexity index is 843. The van der Waals surface area contributed by atoms with Crippen molar-refractivity contribution in [3.05, 3.63) is 11.6 Å². The molecule has 9 atom stereocenters. The molecule has 0 aliphatic heterocycles. The highest BCUT2D eigenvalue weighted by Crippen LogP contribution is 2.71. The maximum Gasteiger partial charge on any atom is 0.159 e. The van der Waals surface area contributed by atoms with E-state index in [9.17, 15) is 15.0 Å². The Labute approximate surface area is 195 Å². The molecule has 180 valence electrons.